The zero-order chi connectivity index (χ0) is 40.0. The minimum atomic E-state index is 0.597. The van der Waals surface area contributed by atoms with E-state index in [-0.39, 0.29) is 0 Å². The van der Waals surface area contributed by atoms with Crippen LogP contribution in [0.4, 0.5) is 0 Å². The molecule has 13 rings (SSSR count). The number of hydrogen-bond donors (Lipinski definition) is 0. The van der Waals surface area contributed by atoms with Crippen molar-refractivity contribution in [1.82, 2.24) is 19.5 Å². The van der Waals surface area contributed by atoms with E-state index in [1.165, 1.54) is 36.3 Å². The van der Waals surface area contributed by atoms with E-state index in [1.54, 1.807) is 11.3 Å². The van der Waals surface area contributed by atoms with Crippen LogP contribution < -0.4 is 0 Å². The van der Waals surface area contributed by atoms with Crippen LogP contribution in [0.25, 0.3) is 126 Å². The highest BCUT2D eigenvalue weighted by atomic mass is 32.1. The van der Waals surface area contributed by atoms with Gasteiger partial charge in [0, 0.05) is 64.1 Å². The van der Waals surface area contributed by atoms with Crippen LogP contribution in [0.5, 0.6) is 0 Å². The quantitative estimate of drug-likeness (QED) is 0.174. The molecule has 0 aliphatic rings. The molecule has 0 spiro atoms. The summed E-state index contributed by atoms with van der Waals surface area (Å²) < 4.78 is 11.3. The molecule has 0 saturated carbocycles. The molecule has 6 heteroatoms. The van der Waals surface area contributed by atoms with Gasteiger partial charge in [-0.15, -0.1) is 11.3 Å². The predicted octanol–water partition coefficient (Wildman–Crippen LogP) is 15.1. The minimum absolute atomic E-state index is 0.597. The van der Waals surface area contributed by atoms with Gasteiger partial charge in [-0.05, 0) is 82.6 Å². The summed E-state index contributed by atoms with van der Waals surface area (Å²) >= 11 is 1.79. The Morgan fingerprint density at radius 1 is 0.377 bits per heavy atom. The summed E-state index contributed by atoms with van der Waals surface area (Å²) in [6.45, 7) is 0. The number of thiophene rings is 1. The lowest BCUT2D eigenvalue weighted by Crippen LogP contribution is -2.02. The number of para-hydroxylation sites is 2. The molecule has 0 atom stereocenters. The lowest BCUT2D eigenvalue weighted by Gasteiger charge is -2.16. The Balaban J connectivity index is 1.13. The first kappa shape index (κ1) is 34.0. The van der Waals surface area contributed by atoms with E-state index in [0.717, 1.165) is 71.9 Å². The topological polar surface area (TPSA) is 56.7 Å². The number of hydrogen-bond acceptors (Lipinski definition) is 5. The van der Waals surface area contributed by atoms with Crippen LogP contribution in [0.3, 0.4) is 0 Å². The summed E-state index contributed by atoms with van der Waals surface area (Å²) in [5.74, 6) is 1.85. The van der Waals surface area contributed by atoms with Crippen LogP contribution in [-0.2, 0) is 0 Å². The van der Waals surface area contributed by atoms with Crippen molar-refractivity contribution < 1.29 is 4.42 Å². The van der Waals surface area contributed by atoms with E-state index in [2.05, 4.69) is 168 Å². The molecule has 0 amide bonds. The molecule has 4 aromatic heterocycles. The molecule has 0 unspecified atom stereocenters. The zero-order valence-electron chi connectivity index (χ0n) is 32.6. The van der Waals surface area contributed by atoms with Gasteiger partial charge in [0.25, 0.3) is 0 Å². The Labute approximate surface area is 353 Å². The van der Waals surface area contributed by atoms with Crippen molar-refractivity contribution in [3.63, 3.8) is 0 Å². The van der Waals surface area contributed by atoms with Gasteiger partial charge in [0.15, 0.2) is 17.5 Å². The van der Waals surface area contributed by atoms with Crippen molar-refractivity contribution in [1.29, 1.82) is 0 Å². The fourth-order valence-corrected chi connectivity index (χ4v) is 10.4. The van der Waals surface area contributed by atoms with Crippen molar-refractivity contribution in [3.05, 3.63) is 194 Å². The number of rotatable bonds is 5. The van der Waals surface area contributed by atoms with Gasteiger partial charge in [-0.2, -0.15) is 0 Å². The summed E-state index contributed by atoms with van der Waals surface area (Å²) in [7, 11) is 0. The van der Waals surface area contributed by atoms with Crippen LogP contribution in [0, 0.1) is 0 Å². The van der Waals surface area contributed by atoms with Crippen molar-refractivity contribution in [3.8, 4) is 51.0 Å². The molecular weight excluding hydrogens is 765 g/mol. The molecule has 13 aromatic rings. The minimum Gasteiger partial charge on any atom is -0.456 e. The van der Waals surface area contributed by atoms with E-state index in [9.17, 15) is 0 Å². The Kier molecular flexibility index (Phi) is 7.41. The highest BCUT2D eigenvalue weighted by molar-refractivity contribution is 7.25. The molecule has 9 aromatic carbocycles. The molecule has 61 heavy (non-hydrogen) atoms. The molecular formula is C55H32N4OS. The normalized spacial score (nSPS) is 11.9. The maximum absolute atomic E-state index is 6.50. The second-order valence-corrected chi connectivity index (χ2v) is 16.6. The average Bonchev–Trinajstić information content (AvgIpc) is 4.00. The first-order chi connectivity index (χ1) is 30.2. The van der Waals surface area contributed by atoms with Gasteiger partial charge in [0.05, 0.1) is 11.0 Å². The number of fused-ring (bicyclic) bond motifs is 10. The van der Waals surface area contributed by atoms with Gasteiger partial charge in [-0.3, -0.25) is 0 Å². The molecule has 0 saturated heterocycles. The number of aromatic nitrogens is 4. The Morgan fingerprint density at radius 2 is 1.03 bits per heavy atom. The van der Waals surface area contributed by atoms with E-state index in [1.807, 2.05) is 30.3 Å². The molecule has 0 bridgehead atoms. The summed E-state index contributed by atoms with van der Waals surface area (Å²) in [4.78, 5) is 16.0. The van der Waals surface area contributed by atoms with Gasteiger partial charge in [-0.25, -0.2) is 15.0 Å². The standard InChI is InChI=1S/C55H32N4OS/c1-2-14-33(15-3-1)53-56-54(58-55(57-53)42-22-13-27-50-52(42)41-20-8-11-26-49(41)61-50)39-29-28-36(32-43(39)38-21-12-25-48-51(38)40-19-7-10-24-47(40)60-48)59-45-23-9-6-18-37(45)44-30-34-16-4-5-17-35(34)31-46(44)59/h1-32H. The number of nitrogens with zero attached hydrogens (tertiary/aromatic N) is 4. The molecule has 4 heterocycles. The molecule has 0 fully saturated rings. The fraction of sp³-hybridized carbons (Fsp3) is 0. The molecule has 0 radical (unpaired) electrons. The second kappa shape index (κ2) is 13.3. The van der Waals surface area contributed by atoms with Gasteiger partial charge < -0.3 is 8.98 Å². The lowest BCUT2D eigenvalue weighted by atomic mass is 9.94. The lowest BCUT2D eigenvalue weighted by molar-refractivity contribution is 0.669. The third-order valence-corrected chi connectivity index (χ3v) is 13.2. The van der Waals surface area contributed by atoms with Crippen molar-refractivity contribution >= 4 is 86.0 Å². The maximum atomic E-state index is 6.50. The van der Waals surface area contributed by atoms with Crippen LogP contribution in [0.15, 0.2) is 199 Å². The largest absolute Gasteiger partial charge is 0.456 e. The third-order valence-electron chi connectivity index (χ3n) is 12.0. The summed E-state index contributed by atoms with van der Waals surface area (Å²) in [6, 6.07) is 68.5. The van der Waals surface area contributed by atoms with Gasteiger partial charge >= 0.3 is 0 Å². The van der Waals surface area contributed by atoms with Crippen LogP contribution in [0.2, 0.25) is 0 Å². The van der Waals surface area contributed by atoms with Crippen LogP contribution in [0.1, 0.15) is 0 Å². The van der Waals surface area contributed by atoms with Crippen molar-refractivity contribution in [2.24, 2.45) is 0 Å². The molecule has 0 aliphatic heterocycles. The first-order valence-electron chi connectivity index (χ1n) is 20.4. The smallest absolute Gasteiger partial charge is 0.164 e. The third kappa shape index (κ3) is 5.29. The van der Waals surface area contributed by atoms with Crippen LogP contribution in [-0.4, -0.2) is 19.5 Å². The highest BCUT2D eigenvalue weighted by Gasteiger charge is 2.23. The molecule has 0 aliphatic carbocycles. The van der Waals surface area contributed by atoms with Gasteiger partial charge in [0.2, 0.25) is 0 Å². The summed E-state index contributed by atoms with van der Waals surface area (Å²) in [5.41, 5.74) is 9.85. The fourth-order valence-electron chi connectivity index (χ4n) is 9.32. The predicted molar refractivity (Wildman–Crippen MR) is 254 cm³/mol. The SMILES string of the molecule is c1ccc(-c2nc(-c3ccc(-n4c5ccccc5c5cc6ccccc6cc54)cc3-c3cccc4oc5ccccc5c34)nc(-c3cccc4sc5ccccc5c34)n2)cc1. The maximum Gasteiger partial charge on any atom is 0.164 e. The molecule has 284 valence electrons. The Hall–Kier alpha value is -7.93. The summed E-state index contributed by atoms with van der Waals surface area (Å²) in [5, 5.41) is 9.31. The highest BCUT2D eigenvalue weighted by Crippen LogP contribution is 2.44. The zero-order valence-corrected chi connectivity index (χ0v) is 33.4. The Bertz CT molecular complexity index is 3900. The molecule has 5 nitrogen and oxygen atoms in total. The van der Waals surface area contributed by atoms with E-state index < -0.39 is 0 Å². The summed E-state index contributed by atoms with van der Waals surface area (Å²) in [6.07, 6.45) is 0. The second-order valence-electron chi connectivity index (χ2n) is 15.5. The molecule has 0 N–H and O–H groups in total. The van der Waals surface area contributed by atoms with Crippen molar-refractivity contribution in [2.45, 2.75) is 0 Å². The van der Waals surface area contributed by atoms with Gasteiger partial charge in [-0.1, -0.05) is 133 Å². The van der Waals surface area contributed by atoms with Crippen molar-refractivity contribution in [2.75, 3.05) is 0 Å². The van der Waals surface area contributed by atoms with Gasteiger partial charge in [0.1, 0.15) is 11.2 Å². The van der Waals surface area contributed by atoms with E-state index >= 15 is 0 Å². The average molecular weight is 797 g/mol. The van der Waals surface area contributed by atoms with Crippen LogP contribution >= 0.6 is 11.3 Å². The Morgan fingerprint density at radius 3 is 1.92 bits per heavy atom. The first-order valence-corrected chi connectivity index (χ1v) is 21.2. The number of furan rings is 1. The monoisotopic (exact) mass is 796 g/mol. The number of benzene rings is 9. The van der Waals surface area contributed by atoms with E-state index in [0.29, 0.717) is 17.5 Å². The van der Waals surface area contributed by atoms with E-state index in [4.69, 9.17) is 19.4 Å².